The number of carbonyl (C=O) groups is 1. The Hall–Kier alpha value is -1.62. The molecule has 0 saturated heterocycles. The summed E-state index contributed by atoms with van der Waals surface area (Å²) < 4.78 is 0. The van der Waals surface area contributed by atoms with Crippen molar-refractivity contribution >= 4 is 11.6 Å². The SMILES string of the molecule is CC(C)(C)CC(C)(C)NC(=O)c1ccncc1NN. The van der Waals surface area contributed by atoms with Crippen LogP contribution in [0.4, 0.5) is 5.69 Å². The van der Waals surface area contributed by atoms with E-state index in [1.54, 1.807) is 12.3 Å². The van der Waals surface area contributed by atoms with Crippen molar-refractivity contribution in [3.63, 3.8) is 0 Å². The Morgan fingerprint density at radius 3 is 2.47 bits per heavy atom. The molecule has 1 amide bonds. The molecule has 0 unspecified atom stereocenters. The fourth-order valence-electron chi connectivity index (χ4n) is 2.45. The van der Waals surface area contributed by atoms with Crippen molar-refractivity contribution in [1.29, 1.82) is 0 Å². The van der Waals surface area contributed by atoms with Gasteiger partial charge < -0.3 is 10.7 Å². The van der Waals surface area contributed by atoms with E-state index in [0.29, 0.717) is 11.3 Å². The number of nitrogens with one attached hydrogen (secondary N) is 2. The third-order valence-electron chi connectivity index (χ3n) is 2.65. The highest BCUT2D eigenvalue weighted by Gasteiger charge is 2.27. The van der Waals surface area contributed by atoms with Crippen LogP contribution in [0.25, 0.3) is 0 Å². The van der Waals surface area contributed by atoms with Crippen LogP contribution in [0.3, 0.4) is 0 Å². The van der Waals surface area contributed by atoms with Crippen LogP contribution in [0.2, 0.25) is 0 Å². The van der Waals surface area contributed by atoms with E-state index in [1.165, 1.54) is 6.20 Å². The molecular weight excluding hydrogens is 240 g/mol. The lowest BCUT2D eigenvalue weighted by Crippen LogP contribution is -2.46. The number of amides is 1. The molecule has 0 saturated carbocycles. The number of pyridine rings is 1. The van der Waals surface area contributed by atoms with Gasteiger partial charge in [0.1, 0.15) is 0 Å². The van der Waals surface area contributed by atoms with Crippen LogP contribution in [-0.4, -0.2) is 16.4 Å². The summed E-state index contributed by atoms with van der Waals surface area (Å²) >= 11 is 0. The highest BCUT2D eigenvalue weighted by molar-refractivity contribution is 5.99. The quantitative estimate of drug-likeness (QED) is 0.576. The molecule has 5 heteroatoms. The largest absolute Gasteiger partial charge is 0.347 e. The molecule has 0 aliphatic rings. The van der Waals surface area contributed by atoms with Gasteiger partial charge in [0.2, 0.25) is 0 Å². The zero-order valence-electron chi connectivity index (χ0n) is 12.4. The lowest BCUT2D eigenvalue weighted by molar-refractivity contribution is 0.0892. The zero-order valence-corrected chi connectivity index (χ0v) is 12.4. The molecule has 1 rings (SSSR count). The van der Waals surface area contributed by atoms with E-state index >= 15 is 0 Å². The Morgan fingerprint density at radius 2 is 1.95 bits per heavy atom. The second kappa shape index (κ2) is 5.57. The Morgan fingerprint density at radius 1 is 1.32 bits per heavy atom. The van der Waals surface area contributed by atoms with Gasteiger partial charge in [0, 0.05) is 11.7 Å². The van der Waals surface area contributed by atoms with Crippen LogP contribution in [0.1, 0.15) is 51.4 Å². The average molecular weight is 264 g/mol. The molecule has 0 fully saturated rings. The summed E-state index contributed by atoms with van der Waals surface area (Å²) in [6, 6.07) is 1.65. The van der Waals surface area contributed by atoms with Crippen LogP contribution in [0, 0.1) is 5.41 Å². The van der Waals surface area contributed by atoms with Gasteiger partial charge in [-0.1, -0.05) is 20.8 Å². The van der Waals surface area contributed by atoms with E-state index in [2.05, 4.69) is 36.5 Å². The van der Waals surface area contributed by atoms with Crippen molar-refractivity contribution in [2.75, 3.05) is 5.43 Å². The van der Waals surface area contributed by atoms with Crippen LogP contribution in [-0.2, 0) is 0 Å². The van der Waals surface area contributed by atoms with Gasteiger partial charge in [-0.05, 0) is 31.7 Å². The van der Waals surface area contributed by atoms with Crippen molar-refractivity contribution in [1.82, 2.24) is 10.3 Å². The summed E-state index contributed by atoms with van der Waals surface area (Å²) in [5.74, 6) is 5.24. The second-order valence-electron chi connectivity index (χ2n) is 6.64. The maximum Gasteiger partial charge on any atom is 0.253 e. The molecule has 0 aliphatic heterocycles. The Kier molecular flexibility index (Phi) is 4.52. The summed E-state index contributed by atoms with van der Waals surface area (Å²) in [5, 5.41) is 3.04. The highest BCUT2D eigenvalue weighted by Crippen LogP contribution is 2.27. The molecule has 0 radical (unpaired) electrons. The summed E-state index contributed by atoms with van der Waals surface area (Å²) in [6.45, 7) is 10.5. The molecule has 1 aromatic rings. The Bertz CT molecular complexity index is 449. The first-order chi connectivity index (χ1) is 8.64. The molecule has 106 valence electrons. The van der Waals surface area contributed by atoms with Crippen LogP contribution in [0.15, 0.2) is 18.5 Å². The number of hydrogen-bond donors (Lipinski definition) is 3. The van der Waals surface area contributed by atoms with Crippen molar-refractivity contribution in [2.24, 2.45) is 11.3 Å². The van der Waals surface area contributed by atoms with Crippen molar-refractivity contribution in [2.45, 2.75) is 46.6 Å². The van der Waals surface area contributed by atoms with E-state index in [4.69, 9.17) is 5.84 Å². The topological polar surface area (TPSA) is 80.0 Å². The Labute approximate surface area is 115 Å². The first kappa shape index (κ1) is 15.4. The minimum Gasteiger partial charge on any atom is -0.347 e. The molecule has 0 bridgehead atoms. The van der Waals surface area contributed by atoms with Gasteiger partial charge in [-0.3, -0.25) is 15.6 Å². The third kappa shape index (κ3) is 4.87. The van der Waals surface area contributed by atoms with E-state index in [9.17, 15) is 4.79 Å². The summed E-state index contributed by atoms with van der Waals surface area (Å²) in [7, 11) is 0. The van der Waals surface area contributed by atoms with E-state index in [1.807, 2.05) is 13.8 Å². The molecule has 0 aliphatic carbocycles. The van der Waals surface area contributed by atoms with Gasteiger partial charge in [0.05, 0.1) is 17.4 Å². The number of nitrogens with two attached hydrogens (primary N) is 1. The monoisotopic (exact) mass is 264 g/mol. The van der Waals surface area contributed by atoms with Crippen LogP contribution < -0.4 is 16.6 Å². The smallest absolute Gasteiger partial charge is 0.253 e. The number of carbonyl (C=O) groups excluding carboxylic acids is 1. The Balaban J connectivity index is 2.85. The molecule has 0 atom stereocenters. The number of rotatable bonds is 4. The molecule has 4 N–H and O–H groups in total. The van der Waals surface area contributed by atoms with Gasteiger partial charge in [-0.15, -0.1) is 0 Å². The van der Waals surface area contributed by atoms with Gasteiger partial charge in [0.25, 0.3) is 5.91 Å². The molecular formula is C14H24N4O. The van der Waals surface area contributed by atoms with Gasteiger partial charge in [0.15, 0.2) is 0 Å². The maximum absolute atomic E-state index is 12.3. The highest BCUT2D eigenvalue weighted by atomic mass is 16.1. The molecule has 1 aromatic heterocycles. The van der Waals surface area contributed by atoms with Crippen molar-refractivity contribution in [3.05, 3.63) is 24.0 Å². The number of hydrogen-bond acceptors (Lipinski definition) is 4. The van der Waals surface area contributed by atoms with Crippen LogP contribution >= 0.6 is 0 Å². The first-order valence-electron chi connectivity index (χ1n) is 6.38. The number of aromatic nitrogens is 1. The number of anilines is 1. The fraction of sp³-hybridized carbons (Fsp3) is 0.571. The number of nitrogen functional groups attached to an aromatic ring is 1. The number of hydrazine groups is 1. The summed E-state index contributed by atoms with van der Waals surface area (Å²) in [6.07, 6.45) is 3.99. The fourth-order valence-corrected chi connectivity index (χ4v) is 2.45. The minimum atomic E-state index is -0.287. The first-order valence-corrected chi connectivity index (χ1v) is 6.38. The molecule has 5 nitrogen and oxygen atoms in total. The van der Waals surface area contributed by atoms with Gasteiger partial charge in [-0.25, -0.2) is 0 Å². The van der Waals surface area contributed by atoms with Crippen molar-refractivity contribution < 1.29 is 4.79 Å². The minimum absolute atomic E-state index is 0.143. The predicted octanol–water partition coefficient (Wildman–Crippen LogP) is 2.31. The normalized spacial score (nSPS) is 12.1. The van der Waals surface area contributed by atoms with E-state index < -0.39 is 0 Å². The second-order valence-corrected chi connectivity index (χ2v) is 6.64. The predicted molar refractivity (Wildman–Crippen MR) is 77.7 cm³/mol. The van der Waals surface area contributed by atoms with Gasteiger partial charge >= 0.3 is 0 Å². The lowest BCUT2D eigenvalue weighted by Gasteiger charge is -2.33. The zero-order chi connectivity index (χ0) is 14.7. The van der Waals surface area contributed by atoms with Gasteiger partial charge in [-0.2, -0.15) is 0 Å². The molecule has 0 spiro atoms. The summed E-state index contributed by atoms with van der Waals surface area (Å²) in [4.78, 5) is 16.2. The van der Waals surface area contributed by atoms with Crippen molar-refractivity contribution in [3.8, 4) is 0 Å². The van der Waals surface area contributed by atoms with E-state index in [-0.39, 0.29) is 16.9 Å². The molecule has 0 aromatic carbocycles. The third-order valence-corrected chi connectivity index (χ3v) is 2.65. The molecule has 19 heavy (non-hydrogen) atoms. The van der Waals surface area contributed by atoms with E-state index in [0.717, 1.165) is 6.42 Å². The standard InChI is InChI=1S/C14H24N4O/c1-13(2,3)9-14(4,5)17-12(19)10-6-7-16-8-11(10)18-15/h6-8,18H,9,15H2,1-5H3,(H,17,19). The molecule has 1 heterocycles. The average Bonchev–Trinajstić information content (AvgIpc) is 2.24. The van der Waals surface area contributed by atoms with Crippen LogP contribution in [0.5, 0.6) is 0 Å². The lowest BCUT2D eigenvalue weighted by atomic mass is 9.81. The maximum atomic E-state index is 12.3. The number of nitrogens with zero attached hydrogens (tertiary/aromatic N) is 1. The summed E-state index contributed by atoms with van der Waals surface area (Å²) in [5.41, 5.74) is 3.36.